The summed E-state index contributed by atoms with van der Waals surface area (Å²) in [7, 11) is 1.60. The number of anilines is 1. The van der Waals surface area contributed by atoms with Crippen molar-refractivity contribution in [2.45, 2.75) is 13.5 Å². The van der Waals surface area contributed by atoms with E-state index in [0.717, 1.165) is 11.1 Å². The molecule has 0 bridgehead atoms. The Balaban J connectivity index is 2.19. The molecule has 3 nitrogen and oxygen atoms in total. The Morgan fingerprint density at radius 3 is 2.80 bits per heavy atom. The second kappa shape index (κ2) is 6.30. The number of benzene rings is 2. The van der Waals surface area contributed by atoms with Crippen molar-refractivity contribution in [3.63, 3.8) is 0 Å². The van der Waals surface area contributed by atoms with Gasteiger partial charge in [0.05, 0.1) is 6.61 Å². The van der Waals surface area contributed by atoms with Crippen LogP contribution in [0.2, 0.25) is 0 Å². The van der Waals surface area contributed by atoms with Crippen LogP contribution >= 0.6 is 0 Å². The van der Waals surface area contributed by atoms with Gasteiger partial charge in [0.15, 0.2) is 0 Å². The fraction of sp³-hybridized carbons (Fsp3) is 0.188. The van der Waals surface area contributed by atoms with Gasteiger partial charge in [0.2, 0.25) is 0 Å². The second-order valence-corrected chi connectivity index (χ2v) is 4.55. The Morgan fingerprint density at radius 1 is 1.25 bits per heavy atom. The Kier molecular flexibility index (Phi) is 4.48. The van der Waals surface area contributed by atoms with Crippen LogP contribution in [0.15, 0.2) is 42.5 Å². The molecule has 2 aromatic rings. The van der Waals surface area contributed by atoms with E-state index in [9.17, 15) is 9.18 Å². The number of aryl methyl sites for hydroxylation is 1. The van der Waals surface area contributed by atoms with Crippen LogP contribution in [-0.4, -0.2) is 13.0 Å². The van der Waals surface area contributed by atoms with Gasteiger partial charge in [-0.05, 0) is 42.3 Å². The third-order valence-corrected chi connectivity index (χ3v) is 2.95. The zero-order chi connectivity index (χ0) is 14.5. The van der Waals surface area contributed by atoms with Gasteiger partial charge < -0.3 is 10.1 Å². The van der Waals surface area contributed by atoms with E-state index >= 15 is 0 Å². The predicted molar refractivity (Wildman–Crippen MR) is 76.2 cm³/mol. The van der Waals surface area contributed by atoms with E-state index in [0.29, 0.717) is 17.9 Å². The highest BCUT2D eigenvalue weighted by atomic mass is 19.1. The van der Waals surface area contributed by atoms with Crippen molar-refractivity contribution >= 4 is 11.6 Å². The quantitative estimate of drug-likeness (QED) is 0.925. The first-order chi connectivity index (χ1) is 9.60. The molecule has 4 heteroatoms. The molecule has 20 heavy (non-hydrogen) atoms. The number of methoxy groups -OCH3 is 1. The fourth-order valence-corrected chi connectivity index (χ4v) is 1.89. The number of amides is 1. The van der Waals surface area contributed by atoms with Gasteiger partial charge >= 0.3 is 0 Å². The lowest BCUT2D eigenvalue weighted by Crippen LogP contribution is -2.13. The monoisotopic (exact) mass is 273 g/mol. The Hall–Kier alpha value is -2.20. The first kappa shape index (κ1) is 14.2. The molecule has 0 saturated heterocycles. The molecule has 2 aromatic carbocycles. The molecule has 1 N–H and O–H groups in total. The summed E-state index contributed by atoms with van der Waals surface area (Å²) >= 11 is 0. The molecule has 104 valence electrons. The molecule has 0 aliphatic carbocycles. The van der Waals surface area contributed by atoms with Crippen LogP contribution < -0.4 is 5.32 Å². The zero-order valence-electron chi connectivity index (χ0n) is 11.4. The van der Waals surface area contributed by atoms with E-state index in [1.54, 1.807) is 31.4 Å². The van der Waals surface area contributed by atoms with Gasteiger partial charge in [-0.3, -0.25) is 4.79 Å². The molecular formula is C16H16FNO2. The minimum atomic E-state index is -0.376. The molecule has 0 spiro atoms. The lowest BCUT2D eigenvalue weighted by Gasteiger charge is -2.09. The number of carbonyl (C=O) groups is 1. The summed E-state index contributed by atoms with van der Waals surface area (Å²) in [6.07, 6.45) is 0. The zero-order valence-corrected chi connectivity index (χ0v) is 11.4. The summed E-state index contributed by atoms with van der Waals surface area (Å²) < 4.78 is 18.2. The minimum absolute atomic E-state index is 0.267. The van der Waals surface area contributed by atoms with Crippen molar-refractivity contribution < 1.29 is 13.9 Å². The first-order valence-corrected chi connectivity index (χ1v) is 6.25. The molecule has 0 unspecified atom stereocenters. The Labute approximate surface area is 117 Å². The Morgan fingerprint density at radius 2 is 2.05 bits per heavy atom. The number of nitrogens with one attached hydrogen (secondary N) is 1. The normalized spacial score (nSPS) is 10.3. The van der Waals surface area contributed by atoms with E-state index in [1.165, 1.54) is 12.1 Å². The SMILES string of the molecule is COCc1cccc(C(=O)Nc2cc(F)ccc2C)c1. The van der Waals surface area contributed by atoms with Gasteiger partial charge in [-0.1, -0.05) is 18.2 Å². The third kappa shape index (κ3) is 3.42. The number of hydrogen-bond donors (Lipinski definition) is 1. The van der Waals surface area contributed by atoms with Crippen LogP contribution in [-0.2, 0) is 11.3 Å². The van der Waals surface area contributed by atoms with Crippen molar-refractivity contribution in [1.82, 2.24) is 0 Å². The maximum atomic E-state index is 13.2. The molecule has 0 heterocycles. The second-order valence-electron chi connectivity index (χ2n) is 4.55. The van der Waals surface area contributed by atoms with E-state index in [4.69, 9.17) is 4.74 Å². The van der Waals surface area contributed by atoms with Crippen LogP contribution in [0.4, 0.5) is 10.1 Å². The first-order valence-electron chi connectivity index (χ1n) is 6.25. The molecule has 0 saturated carbocycles. The highest BCUT2D eigenvalue weighted by Crippen LogP contribution is 2.17. The average molecular weight is 273 g/mol. The number of carbonyl (C=O) groups excluding carboxylic acids is 1. The van der Waals surface area contributed by atoms with E-state index in [2.05, 4.69) is 5.32 Å². The lowest BCUT2D eigenvalue weighted by atomic mass is 10.1. The van der Waals surface area contributed by atoms with Crippen LogP contribution in [0.3, 0.4) is 0 Å². The minimum Gasteiger partial charge on any atom is -0.380 e. The number of ether oxygens (including phenoxy) is 1. The summed E-state index contributed by atoms with van der Waals surface area (Å²) in [4.78, 5) is 12.2. The molecule has 2 rings (SSSR count). The molecule has 0 atom stereocenters. The standard InChI is InChI=1S/C16H16FNO2/c1-11-6-7-14(17)9-15(11)18-16(19)13-5-3-4-12(8-13)10-20-2/h3-9H,10H2,1-2H3,(H,18,19). The van der Waals surface area contributed by atoms with Crippen LogP contribution in [0, 0.1) is 12.7 Å². The lowest BCUT2D eigenvalue weighted by molar-refractivity contribution is 0.102. The molecule has 1 amide bonds. The fourth-order valence-electron chi connectivity index (χ4n) is 1.89. The topological polar surface area (TPSA) is 38.3 Å². The number of halogens is 1. The molecule has 0 fully saturated rings. The van der Waals surface area contributed by atoms with E-state index in [1.807, 2.05) is 13.0 Å². The smallest absolute Gasteiger partial charge is 0.255 e. The number of rotatable bonds is 4. The third-order valence-electron chi connectivity index (χ3n) is 2.95. The molecule has 0 aliphatic rings. The maximum absolute atomic E-state index is 13.2. The van der Waals surface area contributed by atoms with Gasteiger partial charge in [-0.2, -0.15) is 0 Å². The predicted octanol–water partition coefficient (Wildman–Crippen LogP) is 3.53. The van der Waals surface area contributed by atoms with Crippen molar-refractivity contribution in [3.05, 3.63) is 65.0 Å². The van der Waals surface area contributed by atoms with E-state index in [-0.39, 0.29) is 11.7 Å². The Bertz CT molecular complexity index is 626. The van der Waals surface area contributed by atoms with Crippen molar-refractivity contribution in [2.75, 3.05) is 12.4 Å². The average Bonchev–Trinajstić information content (AvgIpc) is 2.43. The van der Waals surface area contributed by atoms with E-state index < -0.39 is 0 Å². The molecular weight excluding hydrogens is 257 g/mol. The summed E-state index contributed by atoms with van der Waals surface area (Å²) in [6.45, 7) is 2.26. The van der Waals surface area contributed by atoms with Gasteiger partial charge in [0, 0.05) is 18.4 Å². The molecule has 0 radical (unpaired) electrons. The summed E-state index contributed by atoms with van der Waals surface area (Å²) in [5, 5.41) is 2.72. The van der Waals surface area contributed by atoms with Gasteiger partial charge in [-0.25, -0.2) is 4.39 Å². The van der Waals surface area contributed by atoms with Crippen LogP contribution in [0.1, 0.15) is 21.5 Å². The summed E-state index contributed by atoms with van der Waals surface area (Å²) in [5.74, 6) is -0.643. The van der Waals surface area contributed by atoms with Crippen LogP contribution in [0.25, 0.3) is 0 Å². The largest absolute Gasteiger partial charge is 0.380 e. The highest BCUT2D eigenvalue weighted by Gasteiger charge is 2.09. The summed E-state index contributed by atoms with van der Waals surface area (Å²) in [5.41, 5.74) is 2.72. The van der Waals surface area contributed by atoms with Crippen molar-refractivity contribution in [2.24, 2.45) is 0 Å². The summed E-state index contributed by atoms with van der Waals surface area (Å²) in [6, 6.07) is 11.5. The molecule has 0 aliphatic heterocycles. The number of hydrogen-bond acceptors (Lipinski definition) is 2. The van der Waals surface area contributed by atoms with Gasteiger partial charge in [0.25, 0.3) is 5.91 Å². The van der Waals surface area contributed by atoms with Crippen LogP contribution in [0.5, 0.6) is 0 Å². The highest BCUT2D eigenvalue weighted by molar-refractivity contribution is 6.04. The van der Waals surface area contributed by atoms with Crippen molar-refractivity contribution in [1.29, 1.82) is 0 Å². The maximum Gasteiger partial charge on any atom is 0.255 e. The van der Waals surface area contributed by atoms with Gasteiger partial charge in [-0.15, -0.1) is 0 Å². The van der Waals surface area contributed by atoms with Crippen molar-refractivity contribution in [3.8, 4) is 0 Å². The molecule has 0 aromatic heterocycles. The van der Waals surface area contributed by atoms with Gasteiger partial charge in [0.1, 0.15) is 5.82 Å².